The van der Waals surface area contributed by atoms with Crippen molar-refractivity contribution >= 4 is 16.5 Å². The molecule has 0 saturated heterocycles. The van der Waals surface area contributed by atoms with Crippen LogP contribution < -0.4 is 10.2 Å². The van der Waals surface area contributed by atoms with Crippen molar-refractivity contribution in [2.45, 2.75) is 59.2 Å². The number of nitrogens with zero attached hydrogens (tertiary/aromatic N) is 2. The third-order valence-corrected chi connectivity index (χ3v) is 4.48. The Labute approximate surface area is 127 Å². The molecule has 1 unspecified atom stereocenters. The maximum absolute atomic E-state index is 5.23. The second-order valence-electron chi connectivity index (χ2n) is 5.57. The molecule has 1 heterocycles. The number of hydrogen-bond acceptors (Lipinski definition) is 5. The average Bonchev–Trinajstić information content (AvgIpc) is 2.79. The van der Waals surface area contributed by atoms with Crippen LogP contribution in [0.4, 0.5) is 5.13 Å². The molecule has 1 aromatic rings. The van der Waals surface area contributed by atoms with E-state index in [-0.39, 0.29) is 0 Å². The van der Waals surface area contributed by atoms with Gasteiger partial charge >= 0.3 is 0 Å². The molecule has 0 fully saturated rings. The molecule has 4 nitrogen and oxygen atoms in total. The minimum Gasteiger partial charge on any atom is -0.383 e. The molecular weight excluding hydrogens is 270 g/mol. The standard InChI is InChI=1S/C15H29N3OS/c1-7-8-13-14(9-16-11(2)3)20-15(17-13)18(5)12(4)10-19-6/h11-12,16H,7-10H2,1-6H3. The molecular formula is C15H29N3OS. The second kappa shape index (κ2) is 8.60. The molecule has 1 rings (SSSR count). The zero-order valence-corrected chi connectivity index (χ0v) is 14.5. The second-order valence-corrected chi connectivity index (χ2v) is 6.63. The van der Waals surface area contributed by atoms with Crippen LogP contribution in [-0.2, 0) is 17.7 Å². The lowest BCUT2D eigenvalue weighted by molar-refractivity contribution is 0.183. The molecule has 5 heteroatoms. The number of aromatic nitrogens is 1. The van der Waals surface area contributed by atoms with E-state index in [1.165, 1.54) is 10.6 Å². The summed E-state index contributed by atoms with van der Waals surface area (Å²) in [6.45, 7) is 10.4. The first-order chi connectivity index (χ1) is 9.49. The monoisotopic (exact) mass is 299 g/mol. The van der Waals surface area contributed by atoms with Crippen LogP contribution in [0, 0.1) is 0 Å². The number of hydrogen-bond donors (Lipinski definition) is 1. The van der Waals surface area contributed by atoms with Crippen molar-refractivity contribution in [1.82, 2.24) is 10.3 Å². The lowest BCUT2D eigenvalue weighted by Crippen LogP contribution is -2.32. The van der Waals surface area contributed by atoms with E-state index in [0.717, 1.165) is 31.1 Å². The fourth-order valence-corrected chi connectivity index (χ4v) is 3.05. The van der Waals surface area contributed by atoms with Gasteiger partial charge in [-0.25, -0.2) is 4.98 Å². The van der Waals surface area contributed by atoms with Crippen LogP contribution in [0.5, 0.6) is 0 Å². The summed E-state index contributed by atoms with van der Waals surface area (Å²) >= 11 is 1.80. The first kappa shape index (κ1) is 17.4. The van der Waals surface area contributed by atoms with Gasteiger partial charge in [0.15, 0.2) is 5.13 Å². The van der Waals surface area contributed by atoms with Crippen molar-refractivity contribution in [2.24, 2.45) is 0 Å². The first-order valence-electron chi connectivity index (χ1n) is 7.43. The number of rotatable bonds is 9. The molecule has 0 bridgehead atoms. The molecule has 0 aliphatic carbocycles. The molecule has 0 radical (unpaired) electrons. The van der Waals surface area contributed by atoms with Gasteiger partial charge in [-0.05, 0) is 13.3 Å². The van der Waals surface area contributed by atoms with Crippen molar-refractivity contribution in [2.75, 3.05) is 25.7 Å². The van der Waals surface area contributed by atoms with Gasteiger partial charge in [-0.15, -0.1) is 11.3 Å². The highest BCUT2D eigenvalue weighted by atomic mass is 32.1. The van der Waals surface area contributed by atoms with Crippen LogP contribution in [0.3, 0.4) is 0 Å². The number of aryl methyl sites for hydroxylation is 1. The summed E-state index contributed by atoms with van der Waals surface area (Å²) < 4.78 is 5.23. The quantitative estimate of drug-likeness (QED) is 0.760. The molecule has 0 amide bonds. The summed E-state index contributed by atoms with van der Waals surface area (Å²) in [5.41, 5.74) is 1.25. The van der Waals surface area contributed by atoms with Gasteiger partial charge in [0.1, 0.15) is 0 Å². The van der Waals surface area contributed by atoms with Crippen molar-refractivity contribution in [3.8, 4) is 0 Å². The number of methoxy groups -OCH3 is 1. The van der Waals surface area contributed by atoms with E-state index < -0.39 is 0 Å². The molecule has 1 atom stereocenters. The Hall–Kier alpha value is -0.650. The highest BCUT2D eigenvalue weighted by Crippen LogP contribution is 2.28. The van der Waals surface area contributed by atoms with Crippen molar-refractivity contribution in [1.29, 1.82) is 0 Å². The Bertz CT molecular complexity index is 392. The van der Waals surface area contributed by atoms with E-state index in [1.54, 1.807) is 18.4 Å². The summed E-state index contributed by atoms with van der Waals surface area (Å²) in [6, 6.07) is 0.840. The van der Waals surface area contributed by atoms with Crippen LogP contribution in [0.2, 0.25) is 0 Å². The van der Waals surface area contributed by atoms with E-state index >= 15 is 0 Å². The normalized spacial score (nSPS) is 12.9. The van der Waals surface area contributed by atoms with Crippen molar-refractivity contribution in [3.05, 3.63) is 10.6 Å². The number of anilines is 1. The smallest absolute Gasteiger partial charge is 0.185 e. The topological polar surface area (TPSA) is 37.4 Å². The molecule has 0 aliphatic rings. The number of likely N-dealkylation sites (N-methyl/N-ethyl adjacent to an activating group) is 1. The molecule has 0 aromatic carbocycles. The zero-order chi connectivity index (χ0) is 15.1. The molecule has 0 spiro atoms. The highest BCUT2D eigenvalue weighted by Gasteiger charge is 2.17. The summed E-state index contributed by atoms with van der Waals surface area (Å²) in [5, 5.41) is 4.59. The lowest BCUT2D eigenvalue weighted by atomic mass is 10.2. The van der Waals surface area contributed by atoms with Crippen LogP contribution in [0.1, 0.15) is 44.7 Å². The third-order valence-electron chi connectivity index (χ3n) is 3.30. The molecule has 20 heavy (non-hydrogen) atoms. The predicted molar refractivity (Wildman–Crippen MR) is 87.8 cm³/mol. The minimum atomic E-state index is 0.339. The predicted octanol–water partition coefficient (Wildman–Crippen LogP) is 3.06. The van der Waals surface area contributed by atoms with E-state index in [9.17, 15) is 0 Å². The van der Waals surface area contributed by atoms with Crippen molar-refractivity contribution in [3.63, 3.8) is 0 Å². The van der Waals surface area contributed by atoms with E-state index in [0.29, 0.717) is 12.1 Å². The molecule has 1 aromatic heterocycles. The van der Waals surface area contributed by atoms with Gasteiger partial charge in [-0.2, -0.15) is 0 Å². The van der Waals surface area contributed by atoms with Crippen LogP contribution >= 0.6 is 11.3 Å². The fourth-order valence-electron chi connectivity index (χ4n) is 1.93. The average molecular weight is 299 g/mol. The van der Waals surface area contributed by atoms with E-state index in [1.807, 2.05) is 0 Å². The Kier molecular flexibility index (Phi) is 7.48. The molecule has 0 aliphatic heterocycles. The summed E-state index contributed by atoms with van der Waals surface area (Å²) in [5.74, 6) is 0. The van der Waals surface area contributed by atoms with Gasteiger partial charge in [-0.3, -0.25) is 0 Å². The number of thiazole rings is 1. The van der Waals surface area contributed by atoms with Crippen molar-refractivity contribution < 1.29 is 4.74 Å². The largest absolute Gasteiger partial charge is 0.383 e. The molecule has 1 N–H and O–H groups in total. The number of nitrogens with one attached hydrogen (secondary N) is 1. The lowest BCUT2D eigenvalue weighted by Gasteiger charge is -2.23. The SMILES string of the molecule is CCCc1nc(N(C)C(C)COC)sc1CNC(C)C. The summed E-state index contributed by atoms with van der Waals surface area (Å²) in [6.07, 6.45) is 2.19. The Morgan fingerprint density at radius 3 is 2.60 bits per heavy atom. The highest BCUT2D eigenvalue weighted by molar-refractivity contribution is 7.15. The summed E-state index contributed by atoms with van der Waals surface area (Å²) in [7, 11) is 3.84. The van der Waals surface area contributed by atoms with Gasteiger partial charge < -0.3 is 15.0 Å². The van der Waals surface area contributed by atoms with Gasteiger partial charge in [0.05, 0.1) is 18.3 Å². The van der Waals surface area contributed by atoms with E-state index in [4.69, 9.17) is 9.72 Å². The maximum Gasteiger partial charge on any atom is 0.185 e. The van der Waals surface area contributed by atoms with Crippen LogP contribution in [0.25, 0.3) is 0 Å². The van der Waals surface area contributed by atoms with Gasteiger partial charge in [-0.1, -0.05) is 27.2 Å². The molecule has 0 saturated carbocycles. The van der Waals surface area contributed by atoms with Gasteiger partial charge in [0.25, 0.3) is 0 Å². The fraction of sp³-hybridized carbons (Fsp3) is 0.800. The first-order valence-corrected chi connectivity index (χ1v) is 8.24. The number of ether oxygens (including phenoxy) is 1. The Morgan fingerprint density at radius 1 is 1.35 bits per heavy atom. The zero-order valence-electron chi connectivity index (χ0n) is 13.7. The minimum absolute atomic E-state index is 0.339. The Morgan fingerprint density at radius 2 is 2.05 bits per heavy atom. The molecule has 116 valence electrons. The third kappa shape index (κ3) is 5.04. The van der Waals surface area contributed by atoms with E-state index in [2.05, 4.69) is 45.0 Å². The maximum atomic E-state index is 5.23. The van der Waals surface area contributed by atoms with Gasteiger partial charge in [0.2, 0.25) is 0 Å². The summed E-state index contributed by atoms with van der Waals surface area (Å²) in [4.78, 5) is 8.41. The van der Waals surface area contributed by atoms with Crippen LogP contribution in [-0.4, -0.2) is 37.8 Å². The van der Waals surface area contributed by atoms with Crippen LogP contribution in [0.15, 0.2) is 0 Å². The Balaban J connectivity index is 2.84. The van der Waals surface area contributed by atoms with Gasteiger partial charge in [0, 0.05) is 31.6 Å².